The van der Waals surface area contributed by atoms with Crippen LogP contribution in [0.3, 0.4) is 0 Å². The Morgan fingerprint density at radius 3 is 2.24 bits per heavy atom. The molecule has 0 saturated carbocycles. The van der Waals surface area contributed by atoms with E-state index < -0.39 is 52.3 Å². The van der Waals surface area contributed by atoms with Crippen molar-refractivity contribution in [1.82, 2.24) is 9.99 Å². The van der Waals surface area contributed by atoms with Gasteiger partial charge in [-0.3, -0.25) is 9.80 Å². The molecule has 1 heterocycles. The number of aliphatic hydroxyl groups is 1. The highest BCUT2D eigenvalue weighted by Gasteiger charge is 2.73. The minimum absolute atomic E-state index is 0.00294. The van der Waals surface area contributed by atoms with E-state index in [1.54, 1.807) is 13.8 Å². The second-order valence-electron chi connectivity index (χ2n) is 10.8. The van der Waals surface area contributed by atoms with E-state index in [4.69, 9.17) is 21.3 Å². The van der Waals surface area contributed by atoms with Crippen LogP contribution >= 0.6 is 11.8 Å². The van der Waals surface area contributed by atoms with E-state index in [2.05, 4.69) is 10.1 Å². The molecule has 11 nitrogen and oxygen atoms in total. The fourth-order valence-corrected chi connectivity index (χ4v) is 4.37. The molecule has 45 heavy (non-hydrogen) atoms. The lowest BCUT2D eigenvalue weighted by molar-refractivity contribution is -0.830. The zero-order valence-electron chi connectivity index (χ0n) is 24.5. The Hall–Kier alpha value is -3.30. The largest absolute Gasteiger partial charge is 0.460 e. The van der Waals surface area contributed by atoms with Crippen molar-refractivity contribution in [3.05, 3.63) is 47.4 Å². The average Bonchev–Trinajstić information content (AvgIpc) is 2.91. The van der Waals surface area contributed by atoms with Gasteiger partial charge in [0.05, 0.1) is 37.0 Å². The number of thioether (sulfide) groups is 1. The molecule has 1 aromatic carbocycles. The number of carbonyl (C=O) groups is 1. The minimum Gasteiger partial charge on any atom is -0.388 e. The molecule has 0 radical (unpaired) electrons. The fourth-order valence-electron chi connectivity index (χ4n) is 3.37. The van der Waals surface area contributed by atoms with Gasteiger partial charge in [0.1, 0.15) is 0 Å². The van der Waals surface area contributed by atoms with E-state index in [1.807, 2.05) is 5.32 Å². The van der Waals surface area contributed by atoms with Crippen LogP contribution in [0.1, 0.15) is 43.6 Å². The first-order valence-corrected chi connectivity index (χ1v) is 13.4. The van der Waals surface area contributed by atoms with Gasteiger partial charge in [0.2, 0.25) is 5.17 Å². The number of aromatic nitrogens is 1. The van der Waals surface area contributed by atoms with E-state index in [-0.39, 0.29) is 41.1 Å². The topological polar surface area (TPSA) is 165 Å². The number of nitrogens with two attached hydrogens (primary N) is 3. The first-order chi connectivity index (χ1) is 20.5. The van der Waals surface area contributed by atoms with Gasteiger partial charge in [0.15, 0.2) is 17.3 Å². The van der Waals surface area contributed by atoms with Crippen LogP contribution in [-0.2, 0) is 15.5 Å². The number of hydrazone groups is 1. The molecule has 2 aromatic rings. The predicted molar refractivity (Wildman–Crippen MR) is 147 cm³/mol. The van der Waals surface area contributed by atoms with Crippen molar-refractivity contribution in [3.8, 4) is 0 Å². The molecule has 0 bridgehead atoms. The average molecular weight is 679 g/mol. The van der Waals surface area contributed by atoms with E-state index in [9.17, 15) is 45.0 Å². The Bertz CT molecular complexity index is 1390. The molecule has 0 aliphatic heterocycles. The maximum atomic E-state index is 14.7. The number of nitrogens with one attached hydrogen (secondary N) is 1. The number of carbonyl (C=O) groups excluding carboxylic acids is 1. The third-order valence-electron chi connectivity index (χ3n) is 5.77. The van der Waals surface area contributed by atoms with Gasteiger partial charge >= 0.3 is 18.0 Å². The first kappa shape index (κ1) is 37.9. The molecule has 0 saturated heterocycles. The van der Waals surface area contributed by atoms with Gasteiger partial charge < -0.3 is 21.0 Å². The van der Waals surface area contributed by atoms with Gasteiger partial charge in [0, 0.05) is 28.8 Å². The van der Waals surface area contributed by atoms with Crippen LogP contribution in [0.25, 0.3) is 0 Å². The normalized spacial score (nSPS) is 13.6. The van der Waals surface area contributed by atoms with E-state index in [0.717, 1.165) is 16.8 Å². The third kappa shape index (κ3) is 9.13. The summed E-state index contributed by atoms with van der Waals surface area (Å²) >= 11 is 0.772. The van der Waals surface area contributed by atoms with Crippen LogP contribution in [0.4, 0.5) is 46.6 Å². The first-order valence-electron chi connectivity index (χ1n) is 12.6. The summed E-state index contributed by atoms with van der Waals surface area (Å²) in [4.78, 5) is 21.4. The molecule has 1 amide bonds. The molecule has 0 aliphatic rings. The summed E-state index contributed by atoms with van der Waals surface area (Å²) in [5.74, 6) is -4.60. The Morgan fingerprint density at radius 1 is 1.11 bits per heavy atom. The molecule has 20 heteroatoms. The van der Waals surface area contributed by atoms with Crippen molar-refractivity contribution in [3.63, 3.8) is 0 Å². The second kappa shape index (κ2) is 14.0. The summed E-state index contributed by atoms with van der Waals surface area (Å²) < 4.78 is 113. The summed E-state index contributed by atoms with van der Waals surface area (Å²) in [6, 6.07) is 3.89. The molecule has 0 spiro atoms. The maximum Gasteiger partial charge on any atom is 0.460 e. The van der Waals surface area contributed by atoms with E-state index in [0.29, 0.717) is 5.69 Å². The molecular formula is C25H32F8N7O4S+. The SMILES string of the molecule is CO[NH2+]c1ccc(S/C(=N/N)N(N)C(C)(C)COCC(C)(C)O)c(C(=O)Nc2ncc(C(F)(F)C(F)(F)C(F)(F)F)cc2F)c1. The molecular weight excluding hydrogens is 646 g/mol. The van der Waals surface area contributed by atoms with Crippen LogP contribution in [0.2, 0.25) is 0 Å². The van der Waals surface area contributed by atoms with Crippen molar-refractivity contribution >= 4 is 34.3 Å². The molecule has 0 atom stereocenters. The van der Waals surface area contributed by atoms with Gasteiger partial charge in [0.25, 0.3) is 5.91 Å². The quantitative estimate of drug-likeness (QED) is 0.0429. The number of benzene rings is 1. The number of pyridine rings is 1. The van der Waals surface area contributed by atoms with E-state index in [1.165, 1.54) is 44.6 Å². The van der Waals surface area contributed by atoms with Crippen LogP contribution in [-0.4, -0.2) is 69.7 Å². The zero-order valence-corrected chi connectivity index (χ0v) is 25.3. The summed E-state index contributed by atoms with van der Waals surface area (Å²) in [6.45, 7) is 6.38. The van der Waals surface area contributed by atoms with Crippen LogP contribution in [0, 0.1) is 5.82 Å². The number of hydrogen-bond acceptors (Lipinski definition) is 9. The molecule has 252 valence electrons. The van der Waals surface area contributed by atoms with Crippen LogP contribution < -0.4 is 22.5 Å². The number of rotatable bonds is 12. The number of ether oxygens (including phenoxy) is 1. The number of anilines is 1. The maximum absolute atomic E-state index is 14.7. The summed E-state index contributed by atoms with van der Waals surface area (Å²) in [5.41, 5.74) is -2.83. The molecule has 0 aliphatic carbocycles. The number of amidine groups is 1. The zero-order chi connectivity index (χ0) is 34.6. The molecule has 1 aromatic heterocycles. The number of hydrazine groups is 1. The number of hydrogen-bond donors (Lipinski definition) is 5. The Kier molecular flexibility index (Phi) is 11.8. The van der Waals surface area contributed by atoms with Crippen molar-refractivity contribution in [1.29, 1.82) is 0 Å². The van der Waals surface area contributed by atoms with Crippen LogP contribution in [0.5, 0.6) is 0 Å². The van der Waals surface area contributed by atoms with Gasteiger partial charge in [-0.15, -0.1) is 0 Å². The number of nitrogens with zero attached hydrogens (tertiary/aromatic N) is 3. The van der Waals surface area contributed by atoms with Gasteiger partial charge in [-0.25, -0.2) is 20.1 Å². The lowest BCUT2D eigenvalue weighted by Gasteiger charge is -2.36. The highest BCUT2D eigenvalue weighted by molar-refractivity contribution is 8.13. The van der Waals surface area contributed by atoms with Crippen molar-refractivity contribution < 1.29 is 60.1 Å². The Labute approximate surface area is 256 Å². The number of amides is 1. The lowest BCUT2D eigenvalue weighted by Crippen LogP contribution is -2.76. The van der Waals surface area contributed by atoms with Gasteiger partial charge in [-0.1, -0.05) is 0 Å². The molecule has 0 unspecified atom stereocenters. The monoisotopic (exact) mass is 678 g/mol. The van der Waals surface area contributed by atoms with Crippen LogP contribution in [0.15, 0.2) is 40.5 Å². The molecule has 8 N–H and O–H groups in total. The second-order valence-corrected chi connectivity index (χ2v) is 11.8. The molecule has 0 fully saturated rings. The standard InChI is InChI=1S/C25H31F8N7O4S/c1-21(2,11-44-12-22(3,4)42)40(35)20(38-34)45-17-7-6-14(39-43-5)9-15(17)19(41)37-18-16(26)8-13(10-36-18)23(27,28)24(29,30)25(31,32)33/h6-10,39,42H,11-12,34-35H2,1-5H3,(H,36,37,41)/p+1/b38-20+. The number of halogens is 8. The smallest absolute Gasteiger partial charge is 0.388 e. The lowest BCUT2D eigenvalue weighted by atomic mass is 10.0. The number of quaternary nitrogens is 1. The van der Waals surface area contributed by atoms with Gasteiger partial charge in [-0.05, 0) is 51.6 Å². The minimum atomic E-state index is -6.65. The highest BCUT2D eigenvalue weighted by atomic mass is 32.2. The summed E-state index contributed by atoms with van der Waals surface area (Å²) in [7, 11) is 1.31. The third-order valence-corrected chi connectivity index (χ3v) is 6.83. The fraction of sp³-hybridized carbons (Fsp3) is 0.480. The van der Waals surface area contributed by atoms with Crippen molar-refractivity contribution in [2.24, 2.45) is 16.8 Å². The number of alkyl halides is 7. The van der Waals surface area contributed by atoms with Crippen molar-refractivity contribution in [2.45, 2.75) is 61.8 Å². The van der Waals surface area contributed by atoms with E-state index >= 15 is 0 Å². The van der Waals surface area contributed by atoms with Crippen molar-refractivity contribution in [2.75, 3.05) is 25.6 Å². The molecule has 2 rings (SSSR count). The Morgan fingerprint density at radius 2 is 1.73 bits per heavy atom. The predicted octanol–water partition coefficient (Wildman–Crippen LogP) is 3.58. The Balaban J connectivity index is 2.39. The van der Waals surface area contributed by atoms with Gasteiger partial charge in [-0.2, -0.15) is 41.3 Å². The highest BCUT2D eigenvalue weighted by Crippen LogP contribution is 2.51. The summed E-state index contributed by atoms with van der Waals surface area (Å²) in [5, 5.41) is 16.6. The summed E-state index contributed by atoms with van der Waals surface area (Å²) in [6.07, 6.45) is -6.77.